The second-order valence-electron chi connectivity index (χ2n) is 6.19. The summed E-state index contributed by atoms with van der Waals surface area (Å²) in [5.41, 5.74) is 5.20. The average molecular weight is 426 g/mol. The summed E-state index contributed by atoms with van der Waals surface area (Å²) >= 11 is 6.18. The fourth-order valence-electron chi connectivity index (χ4n) is 2.60. The molecule has 0 heterocycles. The Kier molecular flexibility index (Phi) is 7.24. The zero-order valence-electron chi connectivity index (χ0n) is 16.2. The van der Waals surface area contributed by atoms with Gasteiger partial charge in [-0.25, -0.2) is 0 Å². The quantitative estimate of drug-likeness (QED) is 0.271. The van der Waals surface area contributed by atoms with Crippen LogP contribution in [0.5, 0.6) is 11.5 Å². The molecular formula is C22H20ClN3O4. The molecule has 3 aromatic rings. The van der Waals surface area contributed by atoms with Gasteiger partial charge in [-0.15, -0.1) is 0 Å². The Hall–Kier alpha value is -3.58. The number of hydrogen-bond donors (Lipinski definition) is 1. The first kappa shape index (κ1) is 21.1. The van der Waals surface area contributed by atoms with Crippen LogP contribution in [0, 0.1) is 10.1 Å². The van der Waals surface area contributed by atoms with Crippen molar-refractivity contribution in [2.45, 2.75) is 13.5 Å². The van der Waals surface area contributed by atoms with Gasteiger partial charge in [0.25, 0.3) is 5.69 Å². The normalized spacial score (nSPS) is 10.7. The monoisotopic (exact) mass is 425 g/mol. The smallest absolute Gasteiger partial charge is 0.269 e. The minimum Gasteiger partial charge on any atom is -0.490 e. The summed E-state index contributed by atoms with van der Waals surface area (Å²) in [5, 5.41) is 15.5. The molecule has 0 aromatic heterocycles. The van der Waals surface area contributed by atoms with Gasteiger partial charge in [-0.05, 0) is 48.9 Å². The molecular weight excluding hydrogens is 406 g/mol. The highest BCUT2D eigenvalue weighted by molar-refractivity contribution is 6.31. The van der Waals surface area contributed by atoms with Crippen LogP contribution in [0.15, 0.2) is 71.8 Å². The van der Waals surface area contributed by atoms with E-state index in [-0.39, 0.29) is 5.69 Å². The number of nitrogens with zero attached hydrogens (tertiary/aromatic N) is 2. The predicted molar refractivity (Wildman–Crippen MR) is 118 cm³/mol. The van der Waals surface area contributed by atoms with E-state index in [1.165, 1.54) is 12.1 Å². The maximum absolute atomic E-state index is 10.7. The molecule has 3 rings (SSSR count). The van der Waals surface area contributed by atoms with Crippen LogP contribution < -0.4 is 14.9 Å². The van der Waals surface area contributed by atoms with Gasteiger partial charge in [0.15, 0.2) is 11.5 Å². The molecule has 8 heteroatoms. The molecule has 0 aliphatic rings. The van der Waals surface area contributed by atoms with Crippen molar-refractivity contribution >= 4 is 29.2 Å². The molecule has 1 N–H and O–H groups in total. The van der Waals surface area contributed by atoms with Gasteiger partial charge in [0.05, 0.1) is 23.4 Å². The lowest BCUT2D eigenvalue weighted by Gasteiger charge is -2.13. The van der Waals surface area contributed by atoms with Crippen LogP contribution in [-0.2, 0) is 6.61 Å². The largest absolute Gasteiger partial charge is 0.490 e. The lowest BCUT2D eigenvalue weighted by molar-refractivity contribution is -0.384. The first-order valence-corrected chi connectivity index (χ1v) is 9.61. The highest BCUT2D eigenvalue weighted by atomic mass is 35.5. The van der Waals surface area contributed by atoms with E-state index in [0.717, 1.165) is 11.1 Å². The maximum atomic E-state index is 10.7. The van der Waals surface area contributed by atoms with Gasteiger partial charge in [0.2, 0.25) is 0 Å². The summed E-state index contributed by atoms with van der Waals surface area (Å²) in [4.78, 5) is 10.2. The molecule has 0 bridgehead atoms. The molecule has 0 unspecified atom stereocenters. The lowest BCUT2D eigenvalue weighted by atomic mass is 10.2. The molecule has 0 saturated carbocycles. The van der Waals surface area contributed by atoms with Crippen LogP contribution in [0.1, 0.15) is 18.1 Å². The van der Waals surface area contributed by atoms with Gasteiger partial charge >= 0.3 is 0 Å². The van der Waals surface area contributed by atoms with Crippen molar-refractivity contribution in [3.63, 3.8) is 0 Å². The molecule has 3 aromatic carbocycles. The highest BCUT2D eigenvalue weighted by Gasteiger charge is 2.08. The van der Waals surface area contributed by atoms with Crippen LogP contribution in [-0.4, -0.2) is 17.7 Å². The first-order chi connectivity index (χ1) is 14.6. The number of benzene rings is 3. The van der Waals surface area contributed by atoms with Crippen molar-refractivity contribution in [1.29, 1.82) is 0 Å². The summed E-state index contributed by atoms with van der Waals surface area (Å²) < 4.78 is 11.6. The molecule has 0 amide bonds. The number of nitro benzene ring substituents is 1. The van der Waals surface area contributed by atoms with Crippen molar-refractivity contribution in [2.24, 2.45) is 5.10 Å². The molecule has 154 valence electrons. The Labute approximate surface area is 179 Å². The Balaban J connectivity index is 1.67. The van der Waals surface area contributed by atoms with E-state index in [0.29, 0.717) is 35.4 Å². The SMILES string of the molecule is CCOc1cc(/C=N\Nc2ccc([N+](=O)[O-])cc2)ccc1OCc1ccccc1Cl. The van der Waals surface area contributed by atoms with Gasteiger partial charge in [0, 0.05) is 22.7 Å². The molecule has 0 spiro atoms. The fourth-order valence-corrected chi connectivity index (χ4v) is 2.79. The Morgan fingerprint density at radius 2 is 1.83 bits per heavy atom. The first-order valence-electron chi connectivity index (χ1n) is 9.23. The van der Waals surface area contributed by atoms with Crippen LogP contribution in [0.4, 0.5) is 11.4 Å². The van der Waals surface area contributed by atoms with Crippen molar-refractivity contribution in [1.82, 2.24) is 0 Å². The number of rotatable bonds is 9. The summed E-state index contributed by atoms with van der Waals surface area (Å²) in [6.07, 6.45) is 1.63. The average Bonchev–Trinajstić information content (AvgIpc) is 2.75. The topological polar surface area (TPSA) is 86.0 Å². The van der Waals surface area contributed by atoms with Crippen molar-refractivity contribution in [2.75, 3.05) is 12.0 Å². The number of ether oxygens (including phenoxy) is 2. The molecule has 0 aliphatic heterocycles. The van der Waals surface area contributed by atoms with Gasteiger partial charge in [0.1, 0.15) is 6.61 Å². The number of nitrogens with one attached hydrogen (secondary N) is 1. The highest BCUT2D eigenvalue weighted by Crippen LogP contribution is 2.29. The van der Waals surface area contributed by atoms with Crippen LogP contribution in [0.25, 0.3) is 0 Å². The summed E-state index contributed by atoms with van der Waals surface area (Å²) in [6.45, 7) is 2.72. The number of anilines is 1. The third-order valence-corrected chi connectivity index (χ3v) is 4.46. The van der Waals surface area contributed by atoms with E-state index in [1.54, 1.807) is 18.3 Å². The lowest BCUT2D eigenvalue weighted by Crippen LogP contribution is -2.01. The van der Waals surface area contributed by atoms with Crippen LogP contribution in [0.2, 0.25) is 5.02 Å². The third kappa shape index (κ3) is 5.71. The van der Waals surface area contributed by atoms with Gasteiger partial charge in [-0.1, -0.05) is 29.8 Å². The zero-order chi connectivity index (χ0) is 21.3. The molecule has 0 saturated heterocycles. The van der Waals surface area contributed by atoms with Gasteiger partial charge in [-0.3, -0.25) is 15.5 Å². The molecule has 0 radical (unpaired) electrons. The molecule has 30 heavy (non-hydrogen) atoms. The van der Waals surface area contributed by atoms with Crippen LogP contribution in [0.3, 0.4) is 0 Å². The summed E-state index contributed by atoms with van der Waals surface area (Å²) in [6, 6.07) is 19.0. The van der Waals surface area contributed by atoms with Crippen LogP contribution >= 0.6 is 11.6 Å². The minimum absolute atomic E-state index is 0.0262. The van der Waals surface area contributed by atoms with Crippen molar-refractivity contribution in [3.8, 4) is 11.5 Å². The number of nitro groups is 1. The maximum Gasteiger partial charge on any atom is 0.269 e. The Morgan fingerprint density at radius 3 is 2.53 bits per heavy atom. The second-order valence-corrected chi connectivity index (χ2v) is 6.60. The number of non-ortho nitro benzene ring substituents is 1. The van der Waals surface area contributed by atoms with Gasteiger partial charge in [-0.2, -0.15) is 5.10 Å². The molecule has 0 aliphatic carbocycles. The third-order valence-electron chi connectivity index (χ3n) is 4.09. The second kappa shape index (κ2) is 10.3. The van der Waals surface area contributed by atoms with E-state index < -0.39 is 4.92 Å². The van der Waals surface area contributed by atoms with E-state index in [2.05, 4.69) is 10.5 Å². The van der Waals surface area contributed by atoms with Crippen molar-refractivity contribution < 1.29 is 14.4 Å². The standard InChI is InChI=1S/C22H20ClN3O4/c1-2-29-22-13-16(14-24-25-18-8-10-19(11-9-18)26(27)28)7-12-21(22)30-15-17-5-3-4-6-20(17)23/h3-14,25H,2,15H2,1H3/b24-14-. The number of hydrogen-bond acceptors (Lipinski definition) is 6. The van der Waals surface area contributed by atoms with Crippen molar-refractivity contribution in [3.05, 3.63) is 93.0 Å². The van der Waals surface area contributed by atoms with Gasteiger partial charge < -0.3 is 9.47 Å². The number of hydrazone groups is 1. The zero-order valence-corrected chi connectivity index (χ0v) is 17.0. The summed E-state index contributed by atoms with van der Waals surface area (Å²) in [5.74, 6) is 1.21. The fraction of sp³-hybridized carbons (Fsp3) is 0.136. The van der Waals surface area contributed by atoms with E-state index in [4.69, 9.17) is 21.1 Å². The Morgan fingerprint density at radius 1 is 1.07 bits per heavy atom. The van der Waals surface area contributed by atoms with E-state index in [9.17, 15) is 10.1 Å². The van der Waals surface area contributed by atoms with E-state index >= 15 is 0 Å². The van der Waals surface area contributed by atoms with E-state index in [1.807, 2.05) is 49.4 Å². The molecule has 0 atom stereocenters. The summed E-state index contributed by atoms with van der Waals surface area (Å²) in [7, 11) is 0. The minimum atomic E-state index is -0.447. The predicted octanol–water partition coefficient (Wildman–Crippen LogP) is 5.67. The molecule has 7 nitrogen and oxygen atoms in total. The Bertz CT molecular complexity index is 1040. The number of halogens is 1. The molecule has 0 fully saturated rings.